The standard InChI is InChI=1S/C15H25N3O/c1-2-9-17-10-12-18(13-11-17)15(19)4-3-14-5-7-16-8-6-14/h1,14,16H,3-13H2. The van der Waals surface area contributed by atoms with Gasteiger partial charge in [-0.2, -0.15) is 0 Å². The van der Waals surface area contributed by atoms with Gasteiger partial charge in [-0.05, 0) is 38.3 Å². The maximum Gasteiger partial charge on any atom is 0.222 e. The van der Waals surface area contributed by atoms with Crippen molar-refractivity contribution in [1.29, 1.82) is 0 Å². The lowest BCUT2D eigenvalue weighted by Gasteiger charge is -2.34. The Hall–Kier alpha value is -1.05. The molecule has 0 atom stereocenters. The van der Waals surface area contributed by atoms with Crippen molar-refractivity contribution < 1.29 is 4.79 Å². The van der Waals surface area contributed by atoms with Crippen molar-refractivity contribution in [3.8, 4) is 12.3 Å². The molecular formula is C15H25N3O. The summed E-state index contributed by atoms with van der Waals surface area (Å²) in [5, 5.41) is 3.37. The van der Waals surface area contributed by atoms with E-state index in [1.165, 1.54) is 12.8 Å². The first-order chi connectivity index (χ1) is 9.29. The lowest BCUT2D eigenvalue weighted by molar-refractivity contribution is -0.133. The first-order valence-electron chi connectivity index (χ1n) is 7.44. The van der Waals surface area contributed by atoms with Crippen molar-refractivity contribution in [3.05, 3.63) is 0 Å². The molecule has 1 amide bonds. The normalized spacial score (nSPS) is 22.2. The topological polar surface area (TPSA) is 35.6 Å². The van der Waals surface area contributed by atoms with E-state index in [0.717, 1.165) is 58.0 Å². The number of hydrogen-bond donors (Lipinski definition) is 1. The minimum atomic E-state index is 0.332. The Kier molecular flexibility index (Phi) is 5.68. The van der Waals surface area contributed by atoms with Crippen LogP contribution < -0.4 is 5.32 Å². The number of hydrogen-bond acceptors (Lipinski definition) is 3. The van der Waals surface area contributed by atoms with Crippen LogP contribution in [0.4, 0.5) is 0 Å². The zero-order valence-electron chi connectivity index (χ0n) is 11.7. The number of nitrogens with one attached hydrogen (secondary N) is 1. The summed E-state index contributed by atoms with van der Waals surface area (Å²) < 4.78 is 0. The predicted octanol–water partition coefficient (Wildman–Crippen LogP) is 0.544. The summed E-state index contributed by atoms with van der Waals surface area (Å²) in [6.45, 7) is 6.45. The van der Waals surface area contributed by atoms with E-state index in [9.17, 15) is 4.79 Å². The zero-order valence-corrected chi connectivity index (χ0v) is 11.7. The number of terminal acetylenes is 1. The van der Waals surface area contributed by atoms with Gasteiger partial charge in [-0.25, -0.2) is 0 Å². The number of rotatable bonds is 4. The van der Waals surface area contributed by atoms with E-state index in [1.54, 1.807) is 0 Å². The fraction of sp³-hybridized carbons (Fsp3) is 0.800. The second-order valence-electron chi connectivity index (χ2n) is 5.59. The van der Waals surface area contributed by atoms with Gasteiger partial charge < -0.3 is 10.2 Å². The third-order valence-electron chi connectivity index (χ3n) is 4.27. The Morgan fingerprint density at radius 2 is 1.89 bits per heavy atom. The largest absolute Gasteiger partial charge is 0.340 e. The highest BCUT2D eigenvalue weighted by molar-refractivity contribution is 5.76. The van der Waals surface area contributed by atoms with Crippen molar-refractivity contribution in [2.45, 2.75) is 25.7 Å². The fourth-order valence-electron chi connectivity index (χ4n) is 2.94. The van der Waals surface area contributed by atoms with Crippen molar-refractivity contribution >= 4 is 5.91 Å². The van der Waals surface area contributed by atoms with E-state index in [2.05, 4.69) is 16.1 Å². The maximum atomic E-state index is 12.2. The zero-order chi connectivity index (χ0) is 13.5. The molecule has 2 heterocycles. The highest BCUT2D eigenvalue weighted by Gasteiger charge is 2.21. The van der Waals surface area contributed by atoms with Gasteiger partial charge in [0.1, 0.15) is 0 Å². The summed E-state index contributed by atoms with van der Waals surface area (Å²) in [6, 6.07) is 0. The lowest BCUT2D eigenvalue weighted by atomic mass is 9.93. The Morgan fingerprint density at radius 3 is 2.53 bits per heavy atom. The molecule has 1 N–H and O–H groups in total. The molecule has 0 spiro atoms. The molecule has 0 radical (unpaired) electrons. The van der Waals surface area contributed by atoms with Crippen molar-refractivity contribution in [2.75, 3.05) is 45.8 Å². The lowest BCUT2D eigenvalue weighted by Crippen LogP contribution is -2.48. The van der Waals surface area contributed by atoms with Gasteiger partial charge in [-0.1, -0.05) is 5.92 Å². The molecule has 0 aromatic heterocycles. The third kappa shape index (κ3) is 4.52. The molecule has 0 saturated carbocycles. The number of carbonyl (C=O) groups excluding carboxylic acids is 1. The van der Waals surface area contributed by atoms with E-state index in [1.807, 2.05) is 4.90 Å². The molecule has 2 saturated heterocycles. The van der Waals surface area contributed by atoms with Gasteiger partial charge >= 0.3 is 0 Å². The molecule has 0 aliphatic carbocycles. The Labute approximate surface area is 116 Å². The summed E-state index contributed by atoms with van der Waals surface area (Å²) in [4.78, 5) is 16.4. The van der Waals surface area contributed by atoms with Gasteiger partial charge in [0, 0.05) is 32.6 Å². The smallest absolute Gasteiger partial charge is 0.222 e. The van der Waals surface area contributed by atoms with Crippen molar-refractivity contribution in [3.63, 3.8) is 0 Å². The second-order valence-corrected chi connectivity index (χ2v) is 5.59. The van der Waals surface area contributed by atoms with E-state index in [0.29, 0.717) is 12.5 Å². The summed E-state index contributed by atoms with van der Waals surface area (Å²) >= 11 is 0. The summed E-state index contributed by atoms with van der Waals surface area (Å²) in [6.07, 6.45) is 9.54. The van der Waals surface area contributed by atoms with Gasteiger partial charge in [-0.3, -0.25) is 9.69 Å². The molecule has 0 unspecified atom stereocenters. The molecule has 0 bridgehead atoms. The average Bonchev–Trinajstić information content (AvgIpc) is 2.47. The van der Waals surface area contributed by atoms with Crippen LogP contribution in [0.15, 0.2) is 0 Å². The van der Waals surface area contributed by atoms with Gasteiger partial charge in [0.2, 0.25) is 5.91 Å². The van der Waals surface area contributed by atoms with Crippen LogP contribution in [-0.2, 0) is 4.79 Å². The molecule has 19 heavy (non-hydrogen) atoms. The van der Waals surface area contributed by atoms with Gasteiger partial charge in [0.25, 0.3) is 0 Å². The molecule has 2 aliphatic heterocycles. The monoisotopic (exact) mass is 263 g/mol. The van der Waals surface area contributed by atoms with E-state index >= 15 is 0 Å². The predicted molar refractivity (Wildman–Crippen MR) is 76.7 cm³/mol. The third-order valence-corrected chi connectivity index (χ3v) is 4.27. The van der Waals surface area contributed by atoms with Crippen LogP contribution in [0.1, 0.15) is 25.7 Å². The number of piperazine rings is 1. The van der Waals surface area contributed by atoms with Crippen LogP contribution >= 0.6 is 0 Å². The fourth-order valence-corrected chi connectivity index (χ4v) is 2.94. The van der Waals surface area contributed by atoms with Gasteiger partial charge in [-0.15, -0.1) is 6.42 Å². The molecule has 0 aromatic carbocycles. The van der Waals surface area contributed by atoms with Crippen LogP contribution in [0.2, 0.25) is 0 Å². The van der Waals surface area contributed by atoms with Gasteiger partial charge in [0.15, 0.2) is 0 Å². The maximum absolute atomic E-state index is 12.2. The number of amides is 1. The quantitative estimate of drug-likeness (QED) is 0.752. The SMILES string of the molecule is C#CCN1CCN(C(=O)CCC2CCNCC2)CC1. The number of carbonyl (C=O) groups is 1. The molecule has 2 aliphatic rings. The van der Waals surface area contributed by atoms with E-state index in [4.69, 9.17) is 6.42 Å². The van der Waals surface area contributed by atoms with Crippen LogP contribution in [0.3, 0.4) is 0 Å². The number of piperidine rings is 1. The van der Waals surface area contributed by atoms with Crippen molar-refractivity contribution in [1.82, 2.24) is 15.1 Å². The highest BCUT2D eigenvalue weighted by Crippen LogP contribution is 2.18. The molecular weight excluding hydrogens is 238 g/mol. The minimum Gasteiger partial charge on any atom is -0.340 e. The van der Waals surface area contributed by atoms with E-state index < -0.39 is 0 Å². The molecule has 4 nitrogen and oxygen atoms in total. The minimum absolute atomic E-state index is 0.332. The first-order valence-corrected chi connectivity index (χ1v) is 7.44. The average molecular weight is 263 g/mol. The van der Waals surface area contributed by atoms with E-state index in [-0.39, 0.29) is 0 Å². The first kappa shape index (κ1) is 14.4. The van der Waals surface area contributed by atoms with Crippen LogP contribution in [-0.4, -0.2) is 61.5 Å². The molecule has 4 heteroatoms. The van der Waals surface area contributed by atoms with Crippen molar-refractivity contribution in [2.24, 2.45) is 5.92 Å². The number of nitrogens with zero attached hydrogens (tertiary/aromatic N) is 2. The molecule has 106 valence electrons. The second kappa shape index (κ2) is 7.52. The van der Waals surface area contributed by atoms with Gasteiger partial charge in [0.05, 0.1) is 6.54 Å². The Morgan fingerprint density at radius 1 is 1.21 bits per heavy atom. The molecule has 0 aromatic rings. The summed E-state index contributed by atoms with van der Waals surface area (Å²) in [7, 11) is 0. The summed E-state index contributed by atoms with van der Waals surface area (Å²) in [5.74, 6) is 3.74. The molecule has 2 rings (SSSR count). The Balaban J connectivity index is 1.65. The Bertz CT molecular complexity index is 323. The molecule has 2 fully saturated rings. The highest BCUT2D eigenvalue weighted by atomic mass is 16.2. The van der Waals surface area contributed by atoms with Crippen LogP contribution in [0.25, 0.3) is 0 Å². The summed E-state index contributed by atoms with van der Waals surface area (Å²) in [5.41, 5.74) is 0. The van der Waals surface area contributed by atoms with Crippen LogP contribution in [0.5, 0.6) is 0 Å². The van der Waals surface area contributed by atoms with Crippen LogP contribution in [0, 0.1) is 18.3 Å².